The summed E-state index contributed by atoms with van der Waals surface area (Å²) in [4.78, 5) is 11.4. The van der Waals surface area contributed by atoms with Crippen LogP contribution in [-0.4, -0.2) is 5.78 Å². The minimum atomic E-state index is 0.437. The fourth-order valence-corrected chi connectivity index (χ4v) is 2.38. The number of Topliss-reactive ketones (excluding diaryl/α,β-unsaturated/α-hetero) is 1. The molecule has 0 spiro atoms. The Morgan fingerprint density at radius 1 is 1.27 bits per heavy atom. The van der Waals surface area contributed by atoms with Gasteiger partial charge in [-0.25, -0.2) is 0 Å². The van der Waals surface area contributed by atoms with Crippen LogP contribution in [0.5, 0.6) is 0 Å². The molecule has 0 aromatic heterocycles. The Labute approximate surface area is 67.5 Å². The zero-order valence-electron chi connectivity index (χ0n) is 7.02. The maximum atomic E-state index is 11.4. The van der Waals surface area contributed by atoms with Crippen LogP contribution in [-0.2, 0) is 4.79 Å². The van der Waals surface area contributed by atoms with Gasteiger partial charge in [0.05, 0.1) is 0 Å². The molecular formula is C10H14O. The fraction of sp³-hybridized carbons (Fsp3) is 0.700. The number of rotatable bonds is 0. The maximum absolute atomic E-state index is 11.4. The summed E-state index contributed by atoms with van der Waals surface area (Å²) in [7, 11) is 0. The first-order chi connectivity index (χ1) is 5.29. The molecule has 60 valence electrons. The van der Waals surface area contributed by atoms with Gasteiger partial charge >= 0.3 is 0 Å². The van der Waals surface area contributed by atoms with Gasteiger partial charge in [0.25, 0.3) is 0 Å². The molecule has 0 aromatic rings. The van der Waals surface area contributed by atoms with Crippen molar-refractivity contribution in [1.29, 1.82) is 0 Å². The second-order valence-electron chi connectivity index (χ2n) is 3.73. The monoisotopic (exact) mass is 150 g/mol. The van der Waals surface area contributed by atoms with Gasteiger partial charge in [0.2, 0.25) is 0 Å². The summed E-state index contributed by atoms with van der Waals surface area (Å²) < 4.78 is 0. The van der Waals surface area contributed by atoms with Gasteiger partial charge in [0.15, 0.2) is 5.78 Å². The highest BCUT2D eigenvalue weighted by atomic mass is 16.1. The Kier molecular flexibility index (Phi) is 1.59. The van der Waals surface area contributed by atoms with E-state index in [0.717, 1.165) is 12.8 Å². The van der Waals surface area contributed by atoms with E-state index < -0.39 is 0 Å². The second kappa shape index (κ2) is 2.47. The molecule has 0 fully saturated rings. The summed E-state index contributed by atoms with van der Waals surface area (Å²) in [5.74, 6) is 1.00. The molecule has 0 amide bonds. The highest BCUT2D eigenvalue weighted by Crippen LogP contribution is 2.37. The first-order valence-electron chi connectivity index (χ1n) is 4.54. The molecule has 0 radical (unpaired) electrons. The van der Waals surface area contributed by atoms with Crippen LogP contribution < -0.4 is 0 Å². The van der Waals surface area contributed by atoms with Gasteiger partial charge in [0.1, 0.15) is 0 Å². The quantitative estimate of drug-likeness (QED) is 0.518. The predicted molar refractivity (Wildman–Crippen MR) is 44.3 cm³/mol. The highest BCUT2D eigenvalue weighted by Gasteiger charge is 2.29. The molecule has 0 heterocycles. The summed E-state index contributed by atoms with van der Waals surface area (Å²) in [6.45, 7) is 2.19. The van der Waals surface area contributed by atoms with Gasteiger partial charge in [-0.15, -0.1) is 0 Å². The average Bonchev–Trinajstić information content (AvgIpc) is 2.34. The van der Waals surface area contributed by atoms with Crippen LogP contribution in [0.25, 0.3) is 0 Å². The molecule has 1 heteroatoms. The molecule has 1 nitrogen and oxygen atoms in total. The molecule has 0 bridgehead atoms. The molecule has 0 saturated heterocycles. The Hall–Kier alpha value is -0.590. The maximum Gasteiger partial charge on any atom is 0.159 e. The number of carbonyl (C=O) groups excluding carboxylic acids is 1. The van der Waals surface area contributed by atoms with Crippen LogP contribution in [0.1, 0.15) is 39.0 Å². The molecule has 11 heavy (non-hydrogen) atoms. The Morgan fingerprint density at radius 3 is 2.82 bits per heavy atom. The largest absolute Gasteiger partial charge is 0.295 e. The van der Waals surface area contributed by atoms with E-state index in [0.29, 0.717) is 11.7 Å². The Morgan fingerprint density at radius 2 is 2.09 bits per heavy atom. The van der Waals surface area contributed by atoms with Crippen molar-refractivity contribution in [3.05, 3.63) is 11.1 Å². The van der Waals surface area contributed by atoms with E-state index in [2.05, 4.69) is 6.92 Å². The topological polar surface area (TPSA) is 17.1 Å². The molecule has 2 rings (SSSR count). The van der Waals surface area contributed by atoms with Crippen molar-refractivity contribution in [1.82, 2.24) is 0 Å². The van der Waals surface area contributed by atoms with Gasteiger partial charge in [-0.2, -0.15) is 0 Å². The van der Waals surface area contributed by atoms with E-state index >= 15 is 0 Å². The summed E-state index contributed by atoms with van der Waals surface area (Å²) in [6, 6.07) is 0. The third kappa shape index (κ3) is 1.03. The highest BCUT2D eigenvalue weighted by molar-refractivity contribution is 5.99. The van der Waals surface area contributed by atoms with Crippen LogP contribution >= 0.6 is 0 Å². The van der Waals surface area contributed by atoms with Crippen LogP contribution in [0, 0.1) is 5.92 Å². The first kappa shape index (κ1) is 7.08. The van der Waals surface area contributed by atoms with E-state index in [9.17, 15) is 4.79 Å². The lowest BCUT2D eigenvalue weighted by Crippen LogP contribution is -2.11. The van der Waals surface area contributed by atoms with Crippen LogP contribution in [0.4, 0.5) is 0 Å². The molecule has 0 aromatic carbocycles. The molecule has 1 atom stereocenters. The molecule has 0 aliphatic heterocycles. The standard InChI is InChI=1S/C10H14O/c1-7-3-2-4-8-5-6-9(11)10(7)8/h7H,2-6H2,1H3/t7-/m1/s1. The van der Waals surface area contributed by atoms with Crippen molar-refractivity contribution in [2.45, 2.75) is 39.0 Å². The molecule has 0 N–H and O–H groups in total. The minimum absolute atomic E-state index is 0.437. The van der Waals surface area contributed by atoms with Crippen LogP contribution in [0.15, 0.2) is 11.1 Å². The van der Waals surface area contributed by atoms with Crippen molar-refractivity contribution in [2.75, 3.05) is 0 Å². The number of hydrogen-bond acceptors (Lipinski definition) is 1. The summed E-state index contributed by atoms with van der Waals surface area (Å²) >= 11 is 0. The summed E-state index contributed by atoms with van der Waals surface area (Å²) in [6.07, 6.45) is 5.59. The van der Waals surface area contributed by atoms with E-state index in [-0.39, 0.29) is 0 Å². The SMILES string of the molecule is C[C@@H]1CCCC2=C1C(=O)CC2. The smallest absolute Gasteiger partial charge is 0.159 e. The van der Waals surface area contributed by atoms with Crippen molar-refractivity contribution >= 4 is 5.78 Å². The average molecular weight is 150 g/mol. The number of allylic oxidation sites excluding steroid dienone is 2. The van der Waals surface area contributed by atoms with Crippen LogP contribution in [0.3, 0.4) is 0 Å². The zero-order chi connectivity index (χ0) is 7.84. The first-order valence-corrected chi connectivity index (χ1v) is 4.54. The molecule has 0 unspecified atom stereocenters. The van der Waals surface area contributed by atoms with E-state index in [4.69, 9.17) is 0 Å². The van der Waals surface area contributed by atoms with Gasteiger partial charge in [-0.05, 0) is 37.2 Å². The Balaban J connectivity index is 2.34. The summed E-state index contributed by atoms with van der Waals surface area (Å²) in [5, 5.41) is 0. The Bertz CT molecular complexity index is 225. The molecule has 0 saturated carbocycles. The van der Waals surface area contributed by atoms with E-state index in [1.54, 1.807) is 0 Å². The number of hydrogen-bond donors (Lipinski definition) is 0. The predicted octanol–water partition coefficient (Wildman–Crippen LogP) is 2.47. The third-order valence-corrected chi connectivity index (χ3v) is 2.94. The van der Waals surface area contributed by atoms with Gasteiger partial charge in [0, 0.05) is 6.42 Å². The molecule has 2 aliphatic carbocycles. The molecule has 2 aliphatic rings. The third-order valence-electron chi connectivity index (χ3n) is 2.94. The lowest BCUT2D eigenvalue weighted by Gasteiger charge is -2.19. The zero-order valence-corrected chi connectivity index (χ0v) is 7.02. The molecular weight excluding hydrogens is 136 g/mol. The number of ketones is 1. The van der Waals surface area contributed by atoms with Crippen molar-refractivity contribution < 1.29 is 4.79 Å². The van der Waals surface area contributed by atoms with E-state index in [1.807, 2.05) is 0 Å². The minimum Gasteiger partial charge on any atom is -0.295 e. The van der Waals surface area contributed by atoms with Gasteiger partial charge < -0.3 is 0 Å². The summed E-state index contributed by atoms with van der Waals surface area (Å²) in [5.41, 5.74) is 2.69. The fourth-order valence-electron chi connectivity index (χ4n) is 2.38. The van der Waals surface area contributed by atoms with Crippen molar-refractivity contribution in [3.63, 3.8) is 0 Å². The van der Waals surface area contributed by atoms with Gasteiger partial charge in [-0.1, -0.05) is 12.5 Å². The van der Waals surface area contributed by atoms with E-state index in [1.165, 1.54) is 30.4 Å². The van der Waals surface area contributed by atoms with Crippen molar-refractivity contribution in [2.24, 2.45) is 5.92 Å². The number of carbonyl (C=O) groups is 1. The lowest BCUT2D eigenvalue weighted by molar-refractivity contribution is -0.115. The second-order valence-corrected chi connectivity index (χ2v) is 3.73. The normalized spacial score (nSPS) is 31.0. The van der Waals surface area contributed by atoms with Crippen LogP contribution in [0.2, 0.25) is 0 Å². The van der Waals surface area contributed by atoms with Gasteiger partial charge in [-0.3, -0.25) is 4.79 Å². The van der Waals surface area contributed by atoms with Crippen molar-refractivity contribution in [3.8, 4) is 0 Å². The lowest BCUT2D eigenvalue weighted by atomic mass is 9.85.